The molecule has 59 heavy (non-hydrogen) atoms. The van der Waals surface area contributed by atoms with Crippen LogP contribution >= 0.6 is 0 Å². The smallest absolute Gasteiger partial charge is 0.379 e. The quantitative estimate of drug-likeness (QED) is 0.125. The van der Waals surface area contributed by atoms with Crippen LogP contribution in [-0.2, 0) is 24.0 Å². The number of pyridine rings is 1. The number of anilines is 2. The summed E-state index contributed by atoms with van der Waals surface area (Å²) in [5, 5.41) is 5.75. The van der Waals surface area contributed by atoms with Crippen LogP contribution in [0.3, 0.4) is 0 Å². The van der Waals surface area contributed by atoms with Crippen LogP contribution in [0.25, 0.3) is 11.3 Å². The number of aromatic nitrogens is 1. The molecule has 2 aliphatic heterocycles. The summed E-state index contributed by atoms with van der Waals surface area (Å²) in [6.45, 7) is 6.22. The van der Waals surface area contributed by atoms with Gasteiger partial charge in [0, 0.05) is 86.5 Å². The molecule has 306 valence electrons. The largest absolute Gasteiger partial charge is 0.416 e. The van der Waals surface area contributed by atoms with Gasteiger partial charge in [-0.2, -0.15) is 13.2 Å². The number of carbonyl (C=O) groups excluding carboxylic acids is 3. The molecule has 1 aromatic heterocycles. The van der Waals surface area contributed by atoms with Crippen LogP contribution in [-0.4, -0.2) is 85.0 Å². The summed E-state index contributed by atoms with van der Waals surface area (Å²) < 4.78 is 45.3. The molecule has 0 spiro atoms. The lowest BCUT2D eigenvalue weighted by atomic mass is 10.0. The van der Waals surface area contributed by atoms with E-state index in [1.165, 1.54) is 24.4 Å². The number of hydrogen-bond donors (Lipinski definition) is 2. The molecule has 2 saturated heterocycles. The highest BCUT2D eigenvalue weighted by Gasteiger charge is 2.30. The standard InChI is InChI=1S/C46H47F3N6O4/c47-46(48,49)38-14-7-11-34(27-38)31-51-43(56)36-17-18-50-42(29-36)40-30-39(54-19-5-2-6-20-54)15-16-41(40)52-44(57)35-12-8-13-37(28-35)45(58)55(32-33-9-3-1-4-10-33)22-21-53-23-25-59-26-24-53/h1,3-4,7-18,27-30H,2,5-6,19-26,31-32H2,(H,51,56)(H,52,57). The van der Waals surface area contributed by atoms with Crippen molar-refractivity contribution in [1.82, 2.24) is 20.1 Å². The van der Waals surface area contributed by atoms with E-state index in [0.29, 0.717) is 66.5 Å². The summed E-state index contributed by atoms with van der Waals surface area (Å²) >= 11 is 0. The first-order valence-corrected chi connectivity index (χ1v) is 20.0. The molecule has 0 radical (unpaired) electrons. The number of rotatable bonds is 13. The number of ether oxygens (including phenoxy) is 1. The van der Waals surface area contributed by atoms with Gasteiger partial charge in [0.05, 0.1) is 30.2 Å². The monoisotopic (exact) mass is 804 g/mol. The molecule has 3 amide bonds. The number of alkyl halides is 3. The third-order valence-corrected chi connectivity index (χ3v) is 10.6. The molecule has 3 heterocycles. The number of nitrogens with one attached hydrogen (secondary N) is 2. The Balaban J connectivity index is 1.12. The van der Waals surface area contributed by atoms with E-state index in [2.05, 4.69) is 25.4 Å². The van der Waals surface area contributed by atoms with Crippen molar-refractivity contribution in [2.24, 2.45) is 0 Å². The zero-order valence-corrected chi connectivity index (χ0v) is 32.7. The summed E-state index contributed by atoms with van der Waals surface area (Å²) in [6.07, 6.45) is 0.250. The molecule has 0 unspecified atom stereocenters. The van der Waals surface area contributed by atoms with Crippen LogP contribution in [0.5, 0.6) is 0 Å². The lowest BCUT2D eigenvalue weighted by Crippen LogP contribution is -2.43. The fourth-order valence-electron chi connectivity index (χ4n) is 7.38. The molecule has 13 heteroatoms. The second-order valence-electron chi connectivity index (χ2n) is 14.8. The van der Waals surface area contributed by atoms with Crippen molar-refractivity contribution in [2.45, 2.75) is 38.5 Å². The maximum Gasteiger partial charge on any atom is 0.416 e. The molecule has 4 aromatic carbocycles. The number of nitrogens with zero attached hydrogens (tertiary/aromatic N) is 4. The summed E-state index contributed by atoms with van der Waals surface area (Å²) in [5.41, 5.74) is 3.87. The van der Waals surface area contributed by atoms with Gasteiger partial charge in [-0.1, -0.05) is 48.5 Å². The Hall–Kier alpha value is -6.05. The van der Waals surface area contributed by atoms with Crippen molar-refractivity contribution in [1.29, 1.82) is 0 Å². The molecule has 10 nitrogen and oxygen atoms in total. The van der Waals surface area contributed by atoms with Crippen molar-refractivity contribution < 1.29 is 32.3 Å². The summed E-state index contributed by atoms with van der Waals surface area (Å²) in [4.78, 5) is 52.4. The van der Waals surface area contributed by atoms with Crippen LogP contribution in [0.15, 0.2) is 115 Å². The summed E-state index contributed by atoms with van der Waals surface area (Å²) in [6, 6.07) is 30.2. The van der Waals surface area contributed by atoms with Gasteiger partial charge in [0.25, 0.3) is 17.7 Å². The minimum Gasteiger partial charge on any atom is -0.379 e. The lowest BCUT2D eigenvalue weighted by molar-refractivity contribution is -0.137. The van der Waals surface area contributed by atoms with Crippen molar-refractivity contribution in [3.05, 3.63) is 149 Å². The maximum absolute atomic E-state index is 14.1. The fourth-order valence-corrected chi connectivity index (χ4v) is 7.38. The SMILES string of the molecule is O=C(NCc1cccc(C(F)(F)F)c1)c1ccnc(-c2cc(N3CCCCC3)ccc2NC(=O)c2cccc(C(=O)N(CCN3CCOCC3)Cc3ccccc3)c2)c1. The first-order valence-electron chi connectivity index (χ1n) is 20.0. The fraction of sp³-hybridized carbons (Fsp3) is 0.304. The van der Waals surface area contributed by atoms with Crippen molar-refractivity contribution in [3.8, 4) is 11.3 Å². The Labute approximate surface area is 342 Å². The number of piperidine rings is 1. The molecule has 7 rings (SSSR count). The van der Waals surface area contributed by atoms with E-state index in [1.54, 1.807) is 30.3 Å². The normalized spacial score (nSPS) is 14.7. The van der Waals surface area contributed by atoms with Gasteiger partial charge >= 0.3 is 6.18 Å². The van der Waals surface area contributed by atoms with Crippen molar-refractivity contribution in [3.63, 3.8) is 0 Å². The number of carbonyl (C=O) groups is 3. The van der Waals surface area contributed by atoms with Gasteiger partial charge in [-0.15, -0.1) is 0 Å². The summed E-state index contributed by atoms with van der Waals surface area (Å²) in [7, 11) is 0. The number of halogens is 3. The first kappa shape index (κ1) is 41.1. The molecule has 2 aliphatic rings. The topological polar surface area (TPSA) is 107 Å². The van der Waals surface area contributed by atoms with E-state index in [4.69, 9.17) is 4.74 Å². The number of amides is 3. The van der Waals surface area contributed by atoms with E-state index in [9.17, 15) is 27.6 Å². The molecule has 0 atom stereocenters. The Kier molecular flexibility index (Phi) is 13.3. The molecule has 0 aliphatic carbocycles. The Morgan fingerprint density at radius 2 is 1.46 bits per heavy atom. The average molecular weight is 805 g/mol. The molecule has 0 bridgehead atoms. The van der Waals surface area contributed by atoms with Crippen LogP contribution in [0.1, 0.15) is 67.0 Å². The minimum absolute atomic E-state index is 0.106. The summed E-state index contributed by atoms with van der Waals surface area (Å²) in [5.74, 6) is -1.10. The van der Waals surface area contributed by atoms with Crippen LogP contribution in [0, 0.1) is 0 Å². The van der Waals surface area contributed by atoms with E-state index in [-0.39, 0.29) is 18.0 Å². The van der Waals surface area contributed by atoms with E-state index in [0.717, 1.165) is 68.8 Å². The number of benzene rings is 4. The predicted molar refractivity (Wildman–Crippen MR) is 221 cm³/mol. The molecular formula is C46H47F3N6O4. The van der Waals surface area contributed by atoms with E-state index in [1.807, 2.05) is 53.4 Å². The molecule has 2 N–H and O–H groups in total. The zero-order chi connectivity index (χ0) is 41.2. The van der Waals surface area contributed by atoms with Crippen LogP contribution in [0.4, 0.5) is 24.5 Å². The zero-order valence-electron chi connectivity index (χ0n) is 32.7. The Morgan fingerprint density at radius 3 is 2.24 bits per heavy atom. The molecular weight excluding hydrogens is 758 g/mol. The third kappa shape index (κ3) is 10.9. The van der Waals surface area contributed by atoms with Gasteiger partial charge in [-0.25, -0.2) is 0 Å². The highest BCUT2D eigenvalue weighted by molar-refractivity contribution is 6.08. The molecule has 5 aromatic rings. The first-order chi connectivity index (χ1) is 28.6. The average Bonchev–Trinajstić information content (AvgIpc) is 3.27. The molecule has 2 fully saturated rings. The van der Waals surface area contributed by atoms with Gasteiger partial charge in [-0.3, -0.25) is 24.3 Å². The van der Waals surface area contributed by atoms with Crippen LogP contribution < -0.4 is 15.5 Å². The third-order valence-electron chi connectivity index (χ3n) is 10.6. The molecule has 0 saturated carbocycles. The van der Waals surface area contributed by atoms with Gasteiger partial charge < -0.3 is 25.2 Å². The minimum atomic E-state index is -4.50. The van der Waals surface area contributed by atoms with E-state index >= 15 is 0 Å². The van der Waals surface area contributed by atoms with Gasteiger partial charge in [0.2, 0.25) is 0 Å². The number of morpholine rings is 1. The van der Waals surface area contributed by atoms with Crippen molar-refractivity contribution >= 4 is 29.1 Å². The lowest BCUT2D eigenvalue weighted by Gasteiger charge is -2.30. The van der Waals surface area contributed by atoms with Crippen LogP contribution in [0.2, 0.25) is 0 Å². The Bertz CT molecular complexity index is 2240. The highest BCUT2D eigenvalue weighted by Crippen LogP contribution is 2.34. The predicted octanol–water partition coefficient (Wildman–Crippen LogP) is 7.91. The highest BCUT2D eigenvalue weighted by atomic mass is 19.4. The van der Waals surface area contributed by atoms with E-state index < -0.39 is 23.6 Å². The van der Waals surface area contributed by atoms with Crippen molar-refractivity contribution in [2.75, 3.05) is 62.7 Å². The van der Waals surface area contributed by atoms with Gasteiger partial charge in [0.15, 0.2) is 0 Å². The second kappa shape index (κ2) is 19.1. The number of hydrogen-bond acceptors (Lipinski definition) is 7. The Morgan fingerprint density at radius 1 is 0.729 bits per heavy atom. The van der Waals surface area contributed by atoms with Gasteiger partial charge in [0.1, 0.15) is 0 Å². The maximum atomic E-state index is 14.1. The van der Waals surface area contributed by atoms with Gasteiger partial charge in [-0.05, 0) is 91.1 Å². The second-order valence-corrected chi connectivity index (χ2v) is 14.8.